The van der Waals surface area contributed by atoms with Gasteiger partial charge in [-0.2, -0.15) is 4.31 Å². The Labute approximate surface area is 157 Å². The van der Waals surface area contributed by atoms with Gasteiger partial charge >= 0.3 is 29.6 Å². The first-order valence-electron chi connectivity index (χ1n) is 6.34. The van der Waals surface area contributed by atoms with Crippen LogP contribution in [-0.2, 0) is 31.2 Å². The molecule has 0 saturated heterocycles. The fourth-order valence-corrected chi connectivity index (χ4v) is 6.34. The molecule has 2 rings (SSSR count). The summed E-state index contributed by atoms with van der Waals surface area (Å²) in [7, 11) is -5.95. The molecular weight excluding hydrogens is 359 g/mol. The Morgan fingerprint density at radius 3 is 2.68 bits per heavy atom. The maximum atomic E-state index is 12.5. The molecule has 1 aliphatic rings. The van der Waals surface area contributed by atoms with Crippen molar-refractivity contribution >= 4 is 60.9 Å². The third-order valence-corrected chi connectivity index (χ3v) is 8.47. The van der Waals surface area contributed by atoms with E-state index in [1.165, 1.54) is 10.4 Å². The Bertz CT molecular complexity index is 729. The van der Waals surface area contributed by atoms with Gasteiger partial charge in [-0.05, 0) is 31.4 Å². The SMILES string of the molecule is COC(C)CCN1CCc2cc(S(N)(=O)=O)sc2S1(=O)=O.[NaH]. The van der Waals surface area contributed by atoms with Crippen LogP contribution >= 0.6 is 11.3 Å². The van der Waals surface area contributed by atoms with Crippen LogP contribution in [0.25, 0.3) is 0 Å². The molecule has 1 unspecified atom stereocenters. The van der Waals surface area contributed by atoms with E-state index in [1.54, 1.807) is 7.11 Å². The predicted octanol–water partition coefficient (Wildman–Crippen LogP) is -0.281. The molecule has 122 valence electrons. The molecule has 11 heteroatoms. The summed E-state index contributed by atoms with van der Waals surface area (Å²) in [6.07, 6.45) is 1.03. The van der Waals surface area contributed by atoms with Crippen molar-refractivity contribution in [1.82, 2.24) is 4.31 Å². The minimum atomic E-state index is -3.88. The van der Waals surface area contributed by atoms with Crippen LogP contribution in [0.4, 0.5) is 0 Å². The van der Waals surface area contributed by atoms with Gasteiger partial charge < -0.3 is 4.74 Å². The van der Waals surface area contributed by atoms with Crippen LogP contribution in [0.5, 0.6) is 0 Å². The number of rotatable bonds is 5. The van der Waals surface area contributed by atoms with Crippen molar-refractivity contribution in [3.8, 4) is 0 Å². The normalized spacial score (nSPS) is 19.2. The van der Waals surface area contributed by atoms with Gasteiger partial charge in [-0.25, -0.2) is 22.0 Å². The van der Waals surface area contributed by atoms with E-state index in [1.807, 2.05) is 6.92 Å². The minimum absolute atomic E-state index is 0. The number of nitrogens with two attached hydrogens (primary N) is 1. The van der Waals surface area contributed by atoms with Crippen molar-refractivity contribution < 1.29 is 21.6 Å². The van der Waals surface area contributed by atoms with Gasteiger partial charge in [-0.3, -0.25) is 0 Å². The summed E-state index contributed by atoms with van der Waals surface area (Å²) in [4.78, 5) is 0. The molecule has 1 aromatic heterocycles. The molecular formula is C11H19N2NaO5S3. The van der Waals surface area contributed by atoms with Gasteiger partial charge in [0.2, 0.25) is 10.0 Å². The van der Waals surface area contributed by atoms with E-state index in [0.717, 1.165) is 11.3 Å². The summed E-state index contributed by atoms with van der Waals surface area (Å²) >= 11 is 0.719. The number of primary sulfonamides is 1. The van der Waals surface area contributed by atoms with Crippen molar-refractivity contribution in [2.45, 2.75) is 34.3 Å². The standard InChI is InChI=1S/C11H18N2O5S3.Na.H/c1-8(18-2)3-5-13-6-4-9-7-10(20(12,14)15)19-11(9)21(13,16)17;;/h7-8H,3-6H2,1-2H3,(H2,12,14,15);;. The van der Waals surface area contributed by atoms with Crippen LogP contribution in [0.2, 0.25) is 0 Å². The van der Waals surface area contributed by atoms with Gasteiger partial charge in [-0.1, -0.05) is 0 Å². The molecule has 0 aromatic carbocycles. The first-order chi connectivity index (χ1) is 9.66. The van der Waals surface area contributed by atoms with Crippen molar-refractivity contribution in [3.63, 3.8) is 0 Å². The monoisotopic (exact) mass is 378 g/mol. The fraction of sp³-hybridized carbons (Fsp3) is 0.636. The van der Waals surface area contributed by atoms with Crippen molar-refractivity contribution in [2.24, 2.45) is 5.14 Å². The molecule has 0 fully saturated rings. The molecule has 1 atom stereocenters. The molecule has 1 aliphatic heterocycles. The number of ether oxygens (including phenoxy) is 1. The zero-order chi connectivity index (χ0) is 15.8. The summed E-state index contributed by atoms with van der Waals surface area (Å²) in [6.45, 7) is 2.55. The van der Waals surface area contributed by atoms with E-state index in [0.29, 0.717) is 31.5 Å². The average Bonchev–Trinajstić information content (AvgIpc) is 2.82. The molecule has 0 spiro atoms. The predicted molar refractivity (Wildman–Crippen MR) is 86.4 cm³/mol. The average molecular weight is 378 g/mol. The van der Waals surface area contributed by atoms with E-state index in [4.69, 9.17) is 9.88 Å². The van der Waals surface area contributed by atoms with Crippen molar-refractivity contribution in [3.05, 3.63) is 11.6 Å². The number of hydrogen-bond donors (Lipinski definition) is 1. The maximum absolute atomic E-state index is 12.5. The molecule has 2 N–H and O–H groups in total. The molecule has 2 heterocycles. The number of thiophene rings is 1. The molecule has 7 nitrogen and oxygen atoms in total. The summed E-state index contributed by atoms with van der Waals surface area (Å²) in [5.74, 6) is 0. The zero-order valence-corrected chi connectivity index (χ0v) is 14.2. The van der Waals surface area contributed by atoms with E-state index >= 15 is 0 Å². The zero-order valence-electron chi connectivity index (χ0n) is 11.8. The number of sulfonamides is 2. The van der Waals surface area contributed by atoms with E-state index in [2.05, 4.69) is 0 Å². The Kier molecular flexibility index (Phi) is 7.07. The van der Waals surface area contributed by atoms with Gasteiger partial charge in [0.1, 0.15) is 8.42 Å². The number of hydrogen-bond acceptors (Lipinski definition) is 6. The Morgan fingerprint density at radius 2 is 2.14 bits per heavy atom. The molecule has 0 amide bonds. The van der Waals surface area contributed by atoms with Crippen LogP contribution in [-0.4, -0.2) is 77.0 Å². The van der Waals surface area contributed by atoms with Crippen molar-refractivity contribution in [2.75, 3.05) is 20.2 Å². The van der Waals surface area contributed by atoms with E-state index < -0.39 is 20.0 Å². The summed E-state index contributed by atoms with van der Waals surface area (Å²) in [5, 5.41) is 5.07. The van der Waals surface area contributed by atoms with Crippen LogP contribution in [0.3, 0.4) is 0 Å². The number of fused-ring (bicyclic) bond motifs is 1. The third-order valence-electron chi connectivity index (χ3n) is 3.42. The second kappa shape index (κ2) is 7.58. The molecule has 1 aromatic rings. The Morgan fingerprint density at radius 1 is 1.50 bits per heavy atom. The topological polar surface area (TPSA) is 107 Å². The van der Waals surface area contributed by atoms with Gasteiger partial charge in [0, 0.05) is 20.2 Å². The van der Waals surface area contributed by atoms with Gasteiger partial charge in [-0.15, -0.1) is 11.3 Å². The van der Waals surface area contributed by atoms with E-state index in [9.17, 15) is 16.8 Å². The molecule has 0 aliphatic carbocycles. The first kappa shape index (κ1) is 20.5. The first-order valence-corrected chi connectivity index (χ1v) is 10.1. The molecule has 0 radical (unpaired) electrons. The number of methoxy groups -OCH3 is 1. The second-order valence-electron chi connectivity index (χ2n) is 4.91. The van der Waals surface area contributed by atoms with Crippen molar-refractivity contribution in [1.29, 1.82) is 0 Å². The summed E-state index contributed by atoms with van der Waals surface area (Å²) < 4.78 is 54.2. The molecule has 0 bridgehead atoms. The van der Waals surface area contributed by atoms with Crippen LogP contribution < -0.4 is 5.14 Å². The summed E-state index contributed by atoms with van der Waals surface area (Å²) in [5.41, 5.74) is 0.528. The third kappa shape index (κ3) is 4.31. The second-order valence-corrected chi connectivity index (χ2v) is 9.89. The van der Waals surface area contributed by atoms with Gasteiger partial charge in [0.25, 0.3) is 10.0 Å². The van der Waals surface area contributed by atoms with Crippen LogP contribution in [0.1, 0.15) is 18.9 Å². The van der Waals surface area contributed by atoms with Gasteiger partial charge in [0.05, 0.1) is 6.10 Å². The molecule has 0 saturated carbocycles. The number of nitrogens with zero attached hydrogens (tertiary/aromatic N) is 1. The van der Waals surface area contributed by atoms with Gasteiger partial charge in [0.15, 0.2) is 0 Å². The molecule has 22 heavy (non-hydrogen) atoms. The van der Waals surface area contributed by atoms with Crippen LogP contribution in [0.15, 0.2) is 14.5 Å². The summed E-state index contributed by atoms with van der Waals surface area (Å²) in [6, 6.07) is 1.36. The Hall–Kier alpha value is 0.480. The Balaban J connectivity index is 0.00000242. The van der Waals surface area contributed by atoms with E-state index in [-0.39, 0.29) is 44.1 Å². The van der Waals surface area contributed by atoms with Crippen LogP contribution in [0, 0.1) is 0 Å². The quantitative estimate of drug-likeness (QED) is 0.709. The fourth-order valence-electron chi connectivity index (χ4n) is 2.08.